The van der Waals surface area contributed by atoms with E-state index in [1.807, 2.05) is 18.2 Å². The second kappa shape index (κ2) is 3.58. The van der Waals surface area contributed by atoms with E-state index in [-0.39, 0.29) is 0 Å². The van der Waals surface area contributed by atoms with Gasteiger partial charge in [0.1, 0.15) is 16.0 Å². The second-order valence-electron chi connectivity index (χ2n) is 3.09. The zero-order chi connectivity index (χ0) is 9.26. The molecule has 0 unspecified atom stereocenters. The van der Waals surface area contributed by atoms with Crippen molar-refractivity contribution in [2.75, 3.05) is 7.11 Å². The van der Waals surface area contributed by atoms with E-state index in [1.54, 1.807) is 7.11 Å². The van der Waals surface area contributed by atoms with Gasteiger partial charge in [-0.25, -0.2) is 0 Å². The number of hydrogen-bond donors (Lipinski definition) is 0. The molecule has 2 rings (SSSR count). The molecule has 1 saturated carbocycles. The van der Waals surface area contributed by atoms with Gasteiger partial charge in [-0.3, -0.25) is 0 Å². The van der Waals surface area contributed by atoms with Crippen molar-refractivity contribution in [2.24, 2.45) is 0 Å². The first-order chi connectivity index (χ1) is 6.31. The maximum Gasteiger partial charge on any atom is 0.137 e. The summed E-state index contributed by atoms with van der Waals surface area (Å²) >= 11 is 3.45. The topological polar surface area (TPSA) is 18.5 Å². The molecule has 1 fully saturated rings. The minimum Gasteiger partial charge on any atom is -0.495 e. The molecule has 0 spiro atoms. The average molecular weight is 243 g/mol. The first-order valence-electron chi connectivity index (χ1n) is 4.30. The Morgan fingerprint density at radius 1 is 1.31 bits per heavy atom. The Kier molecular flexibility index (Phi) is 2.44. The Balaban J connectivity index is 2.22. The molecule has 0 radical (unpaired) electrons. The van der Waals surface area contributed by atoms with Crippen molar-refractivity contribution >= 4 is 15.9 Å². The Labute approximate surface area is 86.0 Å². The molecule has 70 valence electrons. The Bertz CT molecular complexity index is 308. The molecule has 0 aromatic heterocycles. The lowest BCUT2D eigenvalue weighted by molar-refractivity contribution is 0.298. The summed E-state index contributed by atoms with van der Waals surface area (Å²) in [6, 6.07) is 5.79. The lowest BCUT2D eigenvalue weighted by Gasteiger charge is -2.09. The Morgan fingerprint density at radius 3 is 2.62 bits per heavy atom. The first kappa shape index (κ1) is 8.88. The molecule has 1 aliphatic rings. The third kappa shape index (κ3) is 1.97. The SMILES string of the molecule is COc1cccc(OC2CC2)c1Br. The predicted molar refractivity (Wildman–Crippen MR) is 54.3 cm³/mol. The average Bonchev–Trinajstić information content (AvgIpc) is 2.92. The van der Waals surface area contributed by atoms with E-state index < -0.39 is 0 Å². The number of halogens is 1. The van der Waals surface area contributed by atoms with Crippen LogP contribution in [0.1, 0.15) is 12.8 Å². The Hall–Kier alpha value is -0.700. The lowest BCUT2D eigenvalue weighted by Crippen LogP contribution is -1.97. The molecular formula is C10H11BrO2. The maximum absolute atomic E-state index is 5.67. The fourth-order valence-electron chi connectivity index (χ4n) is 1.10. The van der Waals surface area contributed by atoms with Crippen molar-refractivity contribution in [3.63, 3.8) is 0 Å². The number of ether oxygens (including phenoxy) is 2. The second-order valence-corrected chi connectivity index (χ2v) is 3.88. The third-order valence-corrected chi connectivity index (χ3v) is 2.75. The van der Waals surface area contributed by atoms with Gasteiger partial charge < -0.3 is 9.47 Å². The molecule has 0 heterocycles. The van der Waals surface area contributed by atoms with E-state index in [9.17, 15) is 0 Å². The molecule has 0 bridgehead atoms. The molecule has 0 amide bonds. The van der Waals surface area contributed by atoms with Crippen molar-refractivity contribution in [1.82, 2.24) is 0 Å². The van der Waals surface area contributed by atoms with Crippen LogP contribution >= 0.6 is 15.9 Å². The minimum atomic E-state index is 0.420. The highest BCUT2D eigenvalue weighted by Crippen LogP contribution is 2.37. The molecule has 2 nitrogen and oxygen atoms in total. The molecule has 13 heavy (non-hydrogen) atoms. The van der Waals surface area contributed by atoms with Crippen LogP contribution in [0.25, 0.3) is 0 Å². The molecule has 3 heteroatoms. The molecule has 0 atom stereocenters. The van der Waals surface area contributed by atoms with Crippen molar-refractivity contribution < 1.29 is 9.47 Å². The van der Waals surface area contributed by atoms with Gasteiger partial charge in [0, 0.05) is 0 Å². The van der Waals surface area contributed by atoms with E-state index in [1.165, 1.54) is 12.8 Å². The maximum atomic E-state index is 5.67. The number of rotatable bonds is 3. The quantitative estimate of drug-likeness (QED) is 0.812. The van der Waals surface area contributed by atoms with Gasteiger partial charge in [-0.05, 0) is 40.9 Å². The van der Waals surface area contributed by atoms with Crippen LogP contribution in [0, 0.1) is 0 Å². The van der Waals surface area contributed by atoms with Crippen LogP contribution in [0.2, 0.25) is 0 Å². The van der Waals surface area contributed by atoms with Crippen LogP contribution in [-0.2, 0) is 0 Å². The number of methoxy groups -OCH3 is 1. The summed E-state index contributed by atoms with van der Waals surface area (Å²) in [6.45, 7) is 0. The minimum absolute atomic E-state index is 0.420. The zero-order valence-corrected chi connectivity index (χ0v) is 9.00. The number of hydrogen-bond acceptors (Lipinski definition) is 2. The molecule has 0 aliphatic heterocycles. The summed E-state index contributed by atoms with van der Waals surface area (Å²) in [6.07, 6.45) is 2.76. The fraction of sp³-hybridized carbons (Fsp3) is 0.400. The van der Waals surface area contributed by atoms with Gasteiger partial charge in [0.15, 0.2) is 0 Å². The monoisotopic (exact) mass is 242 g/mol. The van der Waals surface area contributed by atoms with E-state index in [4.69, 9.17) is 9.47 Å². The largest absolute Gasteiger partial charge is 0.495 e. The molecule has 1 aromatic rings. The molecule has 1 aromatic carbocycles. The highest BCUT2D eigenvalue weighted by Gasteiger charge is 2.24. The predicted octanol–water partition coefficient (Wildman–Crippen LogP) is 3.00. The van der Waals surface area contributed by atoms with E-state index in [0.29, 0.717) is 6.10 Å². The van der Waals surface area contributed by atoms with Gasteiger partial charge >= 0.3 is 0 Å². The van der Waals surface area contributed by atoms with Crippen LogP contribution in [0.15, 0.2) is 22.7 Å². The lowest BCUT2D eigenvalue weighted by atomic mass is 10.3. The van der Waals surface area contributed by atoms with Crippen LogP contribution < -0.4 is 9.47 Å². The van der Waals surface area contributed by atoms with Gasteiger partial charge in [-0.2, -0.15) is 0 Å². The summed E-state index contributed by atoms with van der Waals surface area (Å²) in [5, 5.41) is 0. The third-order valence-electron chi connectivity index (χ3n) is 1.97. The molecule has 0 saturated heterocycles. The molecular weight excluding hydrogens is 232 g/mol. The van der Waals surface area contributed by atoms with Crippen molar-refractivity contribution in [2.45, 2.75) is 18.9 Å². The van der Waals surface area contributed by atoms with Crippen LogP contribution in [-0.4, -0.2) is 13.2 Å². The fourth-order valence-corrected chi connectivity index (χ4v) is 1.62. The van der Waals surface area contributed by atoms with E-state index in [2.05, 4.69) is 15.9 Å². The Morgan fingerprint density at radius 2 is 2.00 bits per heavy atom. The van der Waals surface area contributed by atoms with Gasteiger partial charge in [0.05, 0.1) is 13.2 Å². The summed E-state index contributed by atoms with van der Waals surface area (Å²) in [7, 11) is 1.65. The van der Waals surface area contributed by atoms with Crippen molar-refractivity contribution in [3.8, 4) is 11.5 Å². The summed E-state index contributed by atoms with van der Waals surface area (Å²) in [4.78, 5) is 0. The number of benzene rings is 1. The standard InChI is InChI=1S/C10H11BrO2/c1-12-8-3-2-4-9(10(8)11)13-7-5-6-7/h2-4,7H,5-6H2,1H3. The van der Waals surface area contributed by atoms with Crippen LogP contribution in [0.5, 0.6) is 11.5 Å². The van der Waals surface area contributed by atoms with Gasteiger partial charge in [-0.1, -0.05) is 6.07 Å². The summed E-state index contributed by atoms with van der Waals surface area (Å²) in [5.41, 5.74) is 0. The van der Waals surface area contributed by atoms with Crippen molar-refractivity contribution in [3.05, 3.63) is 22.7 Å². The van der Waals surface area contributed by atoms with E-state index in [0.717, 1.165) is 16.0 Å². The summed E-state index contributed by atoms with van der Waals surface area (Å²) < 4.78 is 11.7. The highest BCUT2D eigenvalue weighted by atomic mass is 79.9. The first-order valence-corrected chi connectivity index (χ1v) is 5.09. The van der Waals surface area contributed by atoms with Crippen LogP contribution in [0.4, 0.5) is 0 Å². The normalized spacial score (nSPS) is 15.5. The zero-order valence-electron chi connectivity index (χ0n) is 7.42. The van der Waals surface area contributed by atoms with Gasteiger partial charge in [0.2, 0.25) is 0 Å². The smallest absolute Gasteiger partial charge is 0.137 e. The van der Waals surface area contributed by atoms with Gasteiger partial charge in [-0.15, -0.1) is 0 Å². The molecule has 1 aliphatic carbocycles. The summed E-state index contributed by atoms with van der Waals surface area (Å²) in [5.74, 6) is 1.69. The van der Waals surface area contributed by atoms with Crippen LogP contribution in [0.3, 0.4) is 0 Å². The van der Waals surface area contributed by atoms with E-state index >= 15 is 0 Å². The molecule has 0 N–H and O–H groups in total. The van der Waals surface area contributed by atoms with Crippen molar-refractivity contribution in [1.29, 1.82) is 0 Å². The van der Waals surface area contributed by atoms with Gasteiger partial charge in [0.25, 0.3) is 0 Å². The highest BCUT2D eigenvalue weighted by molar-refractivity contribution is 9.10.